The van der Waals surface area contributed by atoms with E-state index in [2.05, 4.69) is 25.7 Å². The molecule has 0 aromatic heterocycles. The summed E-state index contributed by atoms with van der Waals surface area (Å²) in [5, 5.41) is 3.36. The second-order valence-corrected chi connectivity index (χ2v) is 2.94. The maximum atomic E-state index is 5.28. The fraction of sp³-hybridized carbons (Fsp3) is 0.800. The molecule has 0 aliphatic rings. The maximum Gasteiger partial charge on any atom is 0.0483 e. The van der Waals surface area contributed by atoms with Crippen molar-refractivity contribution in [2.75, 3.05) is 19.8 Å². The average molecular weight is 171 g/mol. The second kappa shape index (κ2) is 7.32. The summed E-state index contributed by atoms with van der Waals surface area (Å²) in [7, 11) is 0. The van der Waals surface area contributed by atoms with Gasteiger partial charge in [-0.1, -0.05) is 19.1 Å². The molecule has 0 spiro atoms. The third kappa shape index (κ3) is 5.33. The van der Waals surface area contributed by atoms with Crippen LogP contribution < -0.4 is 5.32 Å². The summed E-state index contributed by atoms with van der Waals surface area (Å²) >= 11 is 0. The van der Waals surface area contributed by atoms with Crippen molar-refractivity contribution in [3.8, 4) is 0 Å². The Bertz CT molecular complexity index is 123. The van der Waals surface area contributed by atoms with Crippen LogP contribution in [0.1, 0.15) is 27.2 Å². The highest BCUT2D eigenvalue weighted by Crippen LogP contribution is 2.02. The van der Waals surface area contributed by atoms with Crippen LogP contribution in [0.25, 0.3) is 0 Å². The molecule has 0 fully saturated rings. The van der Waals surface area contributed by atoms with Crippen molar-refractivity contribution in [1.29, 1.82) is 0 Å². The first-order valence-corrected chi connectivity index (χ1v) is 4.68. The molecule has 0 rings (SSSR count). The summed E-state index contributed by atoms with van der Waals surface area (Å²) in [6.07, 6.45) is 1.02. The largest absolute Gasteiger partial charge is 0.382 e. The number of rotatable bonds is 7. The van der Waals surface area contributed by atoms with E-state index in [1.54, 1.807) is 0 Å². The Kier molecular flexibility index (Phi) is 7.11. The summed E-state index contributed by atoms with van der Waals surface area (Å²) in [5.74, 6) is 0. The third-order valence-corrected chi connectivity index (χ3v) is 1.80. The quantitative estimate of drug-likeness (QED) is 0.467. The lowest BCUT2D eigenvalue weighted by atomic mass is 10.1. The summed E-state index contributed by atoms with van der Waals surface area (Å²) in [6.45, 7) is 12.7. The number of hydrogen-bond acceptors (Lipinski definition) is 2. The molecule has 1 atom stereocenters. The molecule has 0 saturated carbocycles. The molecule has 12 heavy (non-hydrogen) atoms. The van der Waals surface area contributed by atoms with E-state index in [0.29, 0.717) is 6.04 Å². The average Bonchev–Trinajstić information content (AvgIpc) is 2.03. The van der Waals surface area contributed by atoms with Gasteiger partial charge < -0.3 is 10.1 Å². The van der Waals surface area contributed by atoms with Crippen molar-refractivity contribution < 1.29 is 4.74 Å². The Labute approximate surface area is 76.0 Å². The summed E-state index contributed by atoms with van der Waals surface area (Å²) in [6, 6.07) is 0.418. The van der Waals surface area contributed by atoms with Gasteiger partial charge in [0.05, 0.1) is 0 Å². The fourth-order valence-corrected chi connectivity index (χ4v) is 1.11. The van der Waals surface area contributed by atoms with Crippen LogP contribution in [0.15, 0.2) is 12.2 Å². The van der Waals surface area contributed by atoms with Gasteiger partial charge in [0.2, 0.25) is 0 Å². The van der Waals surface area contributed by atoms with Gasteiger partial charge in [-0.15, -0.1) is 0 Å². The lowest BCUT2D eigenvalue weighted by Crippen LogP contribution is -2.30. The molecular formula is C10H21NO. The Morgan fingerprint density at radius 2 is 2.17 bits per heavy atom. The fourth-order valence-electron chi connectivity index (χ4n) is 1.11. The topological polar surface area (TPSA) is 21.3 Å². The van der Waals surface area contributed by atoms with E-state index in [-0.39, 0.29) is 0 Å². The molecule has 2 heteroatoms. The number of nitrogens with one attached hydrogen (secondary N) is 1. The SMILES string of the molecule is C=C(C)C(CCOCC)NCC. The molecule has 0 aliphatic heterocycles. The standard InChI is InChI=1S/C10H21NO/c1-5-11-10(9(3)4)7-8-12-6-2/h10-11H,3,5-8H2,1-2,4H3. The van der Waals surface area contributed by atoms with Crippen LogP contribution in [0, 0.1) is 0 Å². The van der Waals surface area contributed by atoms with Gasteiger partial charge in [-0.2, -0.15) is 0 Å². The van der Waals surface area contributed by atoms with Crippen LogP contribution in [0.3, 0.4) is 0 Å². The molecule has 1 N–H and O–H groups in total. The van der Waals surface area contributed by atoms with E-state index in [9.17, 15) is 0 Å². The Balaban J connectivity index is 3.56. The molecular weight excluding hydrogens is 150 g/mol. The van der Waals surface area contributed by atoms with Crippen molar-refractivity contribution >= 4 is 0 Å². The highest BCUT2D eigenvalue weighted by Gasteiger charge is 2.06. The first-order chi connectivity index (χ1) is 5.72. The number of ether oxygens (including phenoxy) is 1. The Hall–Kier alpha value is -0.340. The monoisotopic (exact) mass is 171 g/mol. The van der Waals surface area contributed by atoms with E-state index in [1.165, 1.54) is 5.57 Å². The lowest BCUT2D eigenvalue weighted by Gasteiger charge is -2.17. The molecule has 0 radical (unpaired) electrons. The van der Waals surface area contributed by atoms with Gasteiger partial charge in [-0.3, -0.25) is 0 Å². The first kappa shape index (κ1) is 11.7. The third-order valence-electron chi connectivity index (χ3n) is 1.80. The molecule has 0 aliphatic carbocycles. The zero-order valence-electron chi connectivity index (χ0n) is 8.52. The summed E-state index contributed by atoms with van der Waals surface area (Å²) in [4.78, 5) is 0. The van der Waals surface area contributed by atoms with Crippen LogP contribution in [0.4, 0.5) is 0 Å². The summed E-state index contributed by atoms with van der Waals surface area (Å²) < 4.78 is 5.28. The van der Waals surface area contributed by atoms with E-state index in [4.69, 9.17) is 4.74 Å². The molecule has 72 valence electrons. The minimum absolute atomic E-state index is 0.418. The van der Waals surface area contributed by atoms with Gasteiger partial charge in [0.15, 0.2) is 0 Å². The van der Waals surface area contributed by atoms with Gasteiger partial charge in [0, 0.05) is 19.3 Å². The molecule has 1 unspecified atom stereocenters. The van der Waals surface area contributed by atoms with E-state index >= 15 is 0 Å². The molecule has 0 amide bonds. The van der Waals surface area contributed by atoms with Crippen LogP contribution >= 0.6 is 0 Å². The minimum Gasteiger partial charge on any atom is -0.382 e. The van der Waals surface area contributed by atoms with Gasteiger partial charge >= 0.3 is 0 Å². The van der Waals surface area contributed by atoms with Gasteiger partial charge in [-0.05, 0) is 26.8 Å². The van der Waals surface area contributed by atoms with Crippen molar-refractivity contribution in [3.63, 3.8) is 0 Å². The molecule has 0 saturated heterocycles. The van der Waals surface area contributed by atoms with Crippen LogP contribution in [-0.2, 0) is 4.74 Å². The predicted octanol–water partition coefficient (Wildman–Crippen LogP) is 1.97. The van der Waals surface area contributed by atoms with Gasteiger partial charge in [0.1, 0.15) is 0 Å². The van der Waals surface area contributed by atoms with Crippen LogP contribution in [0.5, 0.6) is 0 Å². The first-order valence-electron chi connectivity index (χ1n) is 4.68. The lowest BCUT2D eigenvalue weighted by molar-refractivity contribution is 0.139. The molecule has 2 nitrogen and oxygen atoms in total. The van der Waals surface area contributed by atoms with E-state index in [1.807, 2.05) is 6.92 Å². The summed E-state index contributed by atoms with van der Waals surface area (Å²) in [5.41, 5.74) is 1.19. The molecule has 0 bridgehead atoms. The molecule has 0 aromatic carbocycles. The van der Waals surface area contributed by atoms with Crippen molar-refractivity contribution in [1.82, 2.24) is 5.32 Å². The van der Waals surface area contributed by atoms with Gasteiger partial charge in [-0.25, -0.2) is 0 Å². The van der Waals surface area contributed by atoms with Crippen molar-refractivity contribution in [2.24, 2.45) is 0 Å². The zero-order valence-corrected chi connectivity index (χ0v) is 8.52. The normalized spacial score (nSPS) is 12.9. The smallest absolute Gasteiger partial charge is 0.0483 e. The minimum atomic E-state index is 0.418. The second-order valence-electron chi connectivity index (χ2n) is 2.94. The number of hydrogen-bond donors (Lipinski definition) is 1. The Morgan fingerprint density at radius 3 is 2.58 bits per heavy atom. The highest BCUT2D eigenvalue weighted by atomic mass is 16.5. The van der Waals surface area contributed by atoms with Crippen LogP contribution in [0.2, 0.25) is 0 Å². The predicted molar refractivity (Wildman–Crippen MR) is 53.4 cm³/mol. The van der Waals surface area contributed by atoms with E-state index in [0.717, 1.165) is 26.2 Å². The van der Waals surface area contributed by atoms with E-state index < -0.39 is 0 Å². The zero-order chi connectivity index (χ0) is 9.40. The van der Waals surface area contributed by atoms with Crippen molar-refractivity contribution in [3.05, 3.63) is 12.2 Å². The highest BCUT2D eigenvalue weighted by molar-refractivity contribution is 5.00. The Morgan fingerprint density at radius 1 is 1.50 bits per heavy atom. The molecule has 0 heterocycles. The molecule has 0 aromatic rings. The van der Waals surface area contributed by atoms with Crippen molar-refractivity contribution in [2.45, 2.75) is 33.2 Å². The van der Waals surface area contributed by atoms with Gasteiger partial charge in [0.25, 0.3) is 0 Å². The van der Waals surface area contributed by atoms with Crippen LogP contribution in [-0.4, -0.2) is 25.8 Å². The maximum absolute atomic E-state index is 5.28. The number of likely N-dealkylation sites (N-methyl/N-ethyl adjacent to an activating group) is 1.